The van der Waals surface area contributed by atoms with Crippen LogP contribution in [0.3, 0.4) is 0 Å². The van der Waals surface area contributed by atoms with Crippen LogP contribution in [0.2, 0.25) is 0 Å². The van der Waals surface area contributed by atoms with Crippen LogP contribution in [0.15, 0.2) is 0 Å². The van der Waals surface area contributed by atoms with Crippen LogP contribution in [0, 0.1) is 0 Å². The third kappa shape index (κ3) is 5.33. The van der Waals surface area contributed by atoms with Gasteiger partial charge in [-0.05, 0) is 33.2 Å². The third-order valence-electron chi connectivity index (χ3n) is 3.43. The summed E-state index contributed by atoms with van der Waals surface area (Å²) in [5.74, 6) is -0.158. The second-order valence-corrected chi connectivity index (χ2v) is 5.09. The lowest BCUT2D eigenvalue weighted by molar-refractivity contribution is -0.143. The Hall–Kier alpha value is -0.650. The molecule has 0 heterocycles. The Labute approximate surface area is 110 Å². The first kappa shape index (κ1) is 15.4. The molecule has 0 saturated heterocycles. The zero-order valence-corrected chi connectivity index (χ0v) is 11.9. The highest BCUT2D eigenvalue weighted by Gasteiger charge is 2.29. The van der Waals surface area contributed by atoms with E-state index in [-0.39, 0.29) is 12.0 Å². The molecular weight excluding hydrogens is 232 g/mol. The Kier molecular flexibility index (Phi) is 6.60. The number of hydrogen-bond acceptors (Lipinski definition) is 5. The summed E-state index contributed by atoms with van der Waals surface area (Å²) in [4.78, 5) is 13.9. The molecule has 106 valence electrons. The Morgan fingerprint density at radius 3 is 2.61 bits per heavy atom. The average molecular weight is 258 g/mol. The Bertz CT molecular complexity index is 257. The number of hydrogen-bond donors (Lipinski definition) is 1. The van der Waals surface area contributed by atoms with Crippen molar-refractivity contribution in [2.75, 3.05) is 34.4 Å². The number of nitrogens with zero attached hydrogens (tertiary/aromatic N) is 1. The molecule has 0 spiro atoms. The molecule has 0 aromatic carbocycles. The zero-order chi connectivity index (χ0) is 13.5. The molecule has 0 radical (unpaired) electrons. The van der Waals surface area contributed by atoms with Gasteiger partial charge in [0.2, 0.25) is 0 Å². The lowest BCUT2D eigenvalue weighted by atomic mass is 10.2. The summed E-state index contributed by atoms with van der Waals surface area (Å²) in [5.41, 5.74) is 0. The van der Waals surface area contributed by atoms with Gasteiger partial charge in [-0.2, -0.15) is 0 Å². The molecule has 2 atom stereocenters. The fourth-order valence-corrected chi connectivity index (χ4v) is 1.87. The minimum atomic E-state index is -0.181. The van der Waals surface area contributed by atoms with Gasteiger partial charge in [0.1, 0.15) is 6.04 Å². The van der Waals surface area contributed by atoms with Gasteiger partial charge in [-0.3, -0.25) is 4.79 Å². The monoisotopic (exact) mass is 258 g/mol. The van der Waals surface area contributed by atoms with Crippen LogP contribution in [0.4, 0.5) is 0 Å². The molecule has 1 aliphatic rings. The van der Waals surface area contributed by atoms with E-state index < -0.39 is 0 Å². The first-order chi connectivity index (χ1) is 8.58. The maximum Gasteiger partial charge on any atom is 0.322 e. The predicted molar refractivity (Wildman–Crippen MR) is 70.5 cm³/mol. The predicted octanol–water partition coefficient (Wildman–Crippen LogP) is 0.637. The first-order valence-electron chi connectivity index (χ1n) is 6.61. The molecule has 1 fully saturated rings. The van der Waals surface area contributed by atoms with Crippen LogP contribution in [0.25, 0.3) is 0 Å². The number of carbonyl (C=O) groups excluding carboxylic acids is 1. The molecule has 0 aromatic heterocycles. The Balaban J connectivity index is 2.33. The smallest absolute Gasteiger partial charge is 0.322 e. The van der Waals surface area contributed by atoms with E-state index in [9.17, 15) is 4.79 Å². The second kappa shape index (κ2) is 7.71. The number of carbonyl (C=O) groups is 1. The molecule has 0 aromatic rings. The normalized spacial score (nSPS) is 18.7. The third-order valence-corrected chi connectivity index (χ3v) is 3.43. The van der Waals surface area contributed by atoms with Gasteiger partial charge in [-0.25, -0.2) is 0 Å². The fraction of sp³-hybridized carbons (Fsp3) is 0.923. The molecule has 0 amide bonds. The molecule has 5 nitrogen and oxygen atoms in total. The largest absolute Gasteiger partial charge is 0.468 e. The molecule has 1 saturated carbocycles. The van der Waals surface area contributed by atoms with Crippen molar-refractivity contribution >= 4 is 5.97 Å². The number of likely N-dealkylation sites (N-methyl/N-ethyl adjacent to an activating group) is 1. The van der Waals surface area contributed by atoms with Crippen LogP contribution in [-0.4, -0.2) is 63.4 Å². The number of methoxy groups -OCH3 is 2. The van der Waals surface area contributed by atoms with Gasteiger partial charge in [0.25, 0.3) is 0 Å². The van der Waals surface area contributed by atoms with Gasteiger partial charge in [0.15, 0.2) is 0 Å². The molecule has 0 bridgehead atoms. The van der Waals surface area contributed by atoms with E-state index >= 15 is 0 Å². The van der Waals surface area contributed by atoms with Crippen molar-refractivity contribution in [1.29, 1.82) is 0 Å². The van der Waals surface area contributed by atoms with Crippen LogP contribution in [-0.2, 0) is 14.3 Å². The van der Waals surface area contributed by atoms with E-state index in [2.05, 4.69) is 24.2 Å². The Morgan fingerprint density at radius 2 is 2.11 bits per heavy atom. The minimum Gasteiger partial charge on any atom is -0.468 e. The number of rotatable bonds is 9. The van der Waals surface area contributed by atoms with Crippen molar-refractivity contribution in [3.63, 3.8) is 0 Å². The number of nitrogens with one attached hydrogen (secondary N) is 1. The first-order valence-corrected chi connectivity index (χ1v) is 6.61. The van der Waals surface area contributed by atoms with E-state index in [0.29, 0.717) is 18.7 Å². The molecule has 5 heteroatoms. The fourth-order valence-electron chi connectivity index (χ4n) is 1.87. The SMILES string of the molecule is COCC(C)N(C)CCC(NC1CC1)C(=O)OC. The summed E-state index contributed by atoms with van der Waals surface area (Å²) < 4.78 is 9.96. The summed E-state index contributed by atoms with van der Waals surface area (Å²) >= 11 is 0. The van der Waals surface area contributed by atoms with Crippen molar-refractivity contribution in [2.24, 2.45) is 0 Å². The minimum absolute atomic E-state index is 0.158. The van der Waals surface area contributed by atoms with Crippen molar-refractivity contribution < 1.29 is 14.3 Å². The van der Waals surface area contributed by atoms with Gasteiger partial charge < -0.3 is 19.7 Å². The zero-order valence-electron chi connectivity index (χ0n) is 11.9. The van der Waals surface area contributed by atoms with E-state index in [4.69, 9.17) is 9.47 Å². The van der Waals surface area contributed by atoms with Gasteiger partial charge in [-0.1, -0.05) is 0 Å². The van der Waals surface area contributed by atoms with Crippen LogP contribution in [0.1, 0.15) is 26.2 Å². The van der Waals surface area contributed by atoms with Crippen LogP contribution < -0.4 is 5.32 Å². The summed E-state index contributed by atoms with van der Waals surface area (Å²) in [5, 5.41) is 3.34. The number of ether oxygens (including phenoxy) is 2. The maximum atomic E-state index is 11.7. The van der Waals surface area contributed by atoms with Crippen molar-refractivity contribution in [1.82, 2.24) is 10.2 Å². The summed E-state index contributed by atoms with van der Waals surface area (Å²) in [6.07, 6.45) is 3.11. The van der Waals surface area contributed by atoms with Crippen molar-refractivity contribution in [2.45, 2.75) is 44.3 Å². The lowest BCUT2D eigenvalue weighted by Gasteiger charge is -2.26. The van der Waals surface area contributed by atoms with Crippen LogP contribution >= 0.6 is 0 Å². The van der Waals surface area contributed by atoms with E-state index in [0.717, 1.165) is 13.0 Å². The van der Waals surface area contributed by atoms with Gasteiger partial charge in [0, 0.05) is 25.7 Å². The summed E-state index contributed by atoms with van der Waals surface area (Å²) in [6.45, 7) is 3.67. The van der Waals surface area contributed by atoms with Gasteiger partial charge in [0.05, 0.1) is 13.7 Å². The highest BCUT2D eigenvalue weighted by atomic mass is 16.5. The lowest BCUT2D eigenvalue weighted by Crippen LogP contribution is -2.43. The molecule has 1 N–H and O–H groups in total. The van der Waals surface area contributed by atoms with Crippen LogP contribution in [0.5, 0.6) is 0 Å². The van der Waals surface area contributed by atoms with Gasteiger partial charge >= 0.3 is 5.97 Å². The molecule has 1 rings (SSSR count). The molecule has 1 aliphatic carbocycles. The van der Waals surface area contributed by atoms with E-state index in [1.54, 1.807) is 7.11 Å². The Morgan fingerprint density at radius 1 is 1.44 bits per heavy atom. The standard InChI is InChI=1S/C13H26N2O3/c1-10(9-17-3)15(2)8-7-12(13(16)18-4)14-11-5-6-11/h10-12,14H,5-9H2,1-4H3. The quantitative estimate of drug-likeness (QED) is 0.615. The molecule has 2 unspecified atom stereocenters. The second-order valence-electron chi connectivity index (χ2n) is 5.09. The maximum absolute atomic E-state index is 11.7. The van der Waals surface area contributed by atoms with E-state index in [1.165, 1.54) is 20.0 Å². The molecular formula is C13H26N2O3. The summed E-state index contributed by atoms with van der Waals surface area (Å²) in [6, 6.07) is 0.685. The summed E-state index contributed by atoms with van der Waals surface area (Å²) in [7, 11) is 5.20. The highest BCUT2D eigenvalue weighted by Crippen LogP contribution is 2.20. The number of esters is 1. The van der Waals surface area contributed by atoms with E-state index in [1.807, 2.05) is 0 Å². The average Bonchev–Trinajstić information content (AvgIpc) is 3.17. The molecule has 0 aliphatic heterocycles. The molecule has 18 heavy (non-hydrogen) atoms. The van der Waals surface area contributed by atoms with Crippen molar-refractivity contribution in [3.05, 3.63) is 0 Å². The van der Waals surface area contributed by atoms with Gasteiger partial charge in [-0.15, -0.1) is 0 Å². The highest BCUT2D eigenvalue weighted by molar-refractivity contribution is 5.75. The van der Waals surface area contributed by atoms with Crippen molar-refractivity contribution in [3.8, 4) is 0 Å². The topological polar surface area (TPSA) is 50.8 Å².